The highest BCUT2D eigenvalue weighted by molar-refractivity contribution is 5.87. The Kier molecular flexibility index (Phi) is 6.61. The average molecular weight is 276 g/mol. The van der Waals surface area contributed by atoms with Crippen LogP contribution >= 0.6 is 0 Å². The maximum atomic E-state index is 11.4. The molecule has 0 atom stereocenters. The number of rotatable bonds is 7. The molecule has 0 amide bonds. The van der Waals surface area contributed by atoms with Crippen LogP contribution in [-0.4, -0.2) is 32.3 Å². The minimum absolute atomic E-state index is 0.00532. The van der Waals surface area contributed by atoms with Crippen LogP contribution in [0, 0.1) is 0 Å². The Balaban J connectivity index is 2.31. The van der Waals surface area contributed by atoms with Gasteiger partial charge < -0.3 is 14.2 Å². The predicted octanol–water partition coefficient (Wildman–Crippen LogP) is 1.98. The second-order valence-electron chi connectivity index (χ2n) is 3.65. The van der Waals surface area contributed by atoms with Crippen LogP contribution in [0.3, 0.4) is 0 Å². The molecule has 5 heteroatoms. The summed E-state index contributed by atoms with van der Waals surface area (Å²) < 4.78 is 14.5. The fraction of sp³-hybridized carbons (Fsp3) is 0.200. The van der Waals surface area contributed by atoms with Gasteiger partial charge in [-0.05, 0) is 23.8 Å². The van der Waals surface area contributed by atoms with Crippen LogP contribution in [0.5, 0.6) is 5.75 Å². The number of esters is 2. The van der Waals surface area contributed by atoms with E-state index < -0.39 is 11.9 Å². The van der Waals surface area contributed by atoms with E-state index in [4.69, 9.17) is 9.47 Å². The minimum atomic E-state index is -0.546. The van der Waals surface area contributed by atoms with Gasteiger partial charge in [0.05, 0.1) is 7.11 Å². The summed E-state index contributed by atoms with van der Waals surface area (Å²) in [6.45, 7) is 3.26. The highest BCUT2D eigenvalue weighted by Gasteiger charge is 1.99. The van der Waals surface area contributed by atoms with Gasteiger partial charge in [0.1, 0.15) is 19.0 Å². The van der Waals surface area contributed by atoms with Crippen molar-refractivity contribution in [3.05, 3.63) is 48.6 Å². The van der Waals surface area contributed by atoms with Gasteiger partial charge in [-0.15, -0.1) is 0 Å². The summed E-state index contributed by atoms with van der Waals surface area (Å²) in [6, 6.07) is 7.21. The van der Waals surface area contributed by atoms with Crippen molar-refractivity contribution >= 4 is 18.0 Å². The number of methoxy groups -OCH3 is 1. The van der Waals surface area contributed by atoms with E-state index in [2.05, 4.69) is 11.3 Å². The number of carbonyl (C=O) groups excluding carboxylic acids is 2. The van der Waals surface area contributed by atoms with Crippen molar-refractivity contribution in [2.45, 2.75) is 0 Å². The minimum Gasteiger partial charge on any atom is -0.497 e. The third kappa shape index (κ3) is 5.86. The highest BCUT2D eigenvalue weighted by atomic mass is 16.6. The van der Waals surface area contributed by atoms with E-state index in [1.54, 1.807) is 25.3 Å². The first-order valence-electron chi connectivity index (χ1n) is 5.94. The summed E-state index contributed by atoms with van der Waals surface area (Å²) in [5.74, 6) is -0.306. The first kappa shape index (κ1) is 15.5. The standard InChI is InChI=1S/C15H16O5/c1-3-14(16)19-10-11-20-15(17)9-6-12-4-7-13(18-2)8-5-12/h3-9H,1,10-11H2,2H3/b9-6+. The van der Waals surface area contributed by atoms with Gasteiger partial charge in [0.2, 0.25) is 0 Å². The van der Waals surface area contributed by atoms with E-state index in [-0.39, 0.29) is 13.2 Å². The third-order valence-electron chi connectivity index (χ3n) is 2.27. The molecule has 0 fully saturated rings. The van der Waals surface area contributed by atoms with Gasteiger partial charge in [0.15, 0.2) is 0 Å². The summed E-state index contributed by atoms with van der Waals surface area (Å²) >= 11 is 0. The number of benzene rings is 1. The predicted molar refractivity (Wildman–Crippen MR) is 74.1 cm³/mol. The first-order valence-corrected chi connectivity index (χ1v) is 5.94. The molecule has 1 aromatic carbocycles. The molecule has 0 spiro atoms. The lowest BCUT2D eigenvalue weighted by Crippen LogP contribution is -2.11. The third-order valence-corrected chi connectivity index (χ3v) is 2.27. The van der Waals surface area contributed by atoms with E-state index in [1.165, 1.54) is 6.08 Å². The molecule has 1 rings (SSSR count). The van der Waals surface area contributed by atoms with Gasteiger partial charge in [-0.3, -0.25) is 0 Å². The highest BCUT2D eigenvalue weighted by Crippen LogP contribution is 2.12. The Bertz CT molecular complexity index is 487. The lowest BCUT2D eigenvalue weighted by molar-refractivity contribution is -0.145. The molecular weight excluding hydrogens is 260 g/mol. The molecule has 106 valence electrons. The zero-order valence-corrected chi connectivity index (χ0v) is 11.2. The number of carbonyl (C=O) groups is 2. The molecule has 0 N–H and O–H groups in total. The van der Waals surface area contributed by atoms with E-state index >= 15 is 0 Å². The summed E-state index contributed by atoms with van der Waals surface area (Å²) in [6.07, 6.45) is 3.97. The molecule has 5 nitrogen and oxygen atoms in total. The zero-order valence-electron chi connectivity index (χ0n) is 11.2. The van der Waals surface area contributed by atoms with Crippen LogP contribution in [-0.2, 0) is 19.1 Å². The quantitative estimate of drug-likeness (QED) is 0.433. The van der Waals surface area contributed by atoms with Crippen LogP contribution < -0.4 is 4.74 Å². The summed E-state index contributed by atoms with van der Waals surface area (Å²) in [7, 11) is 1.58. The van der Waals surface area contributed by atoms with Crippen LogP contribution in [0.15, 0.2) is 43.0 Å². The largest absolute Gasteiger partial charge is 0.497 e. The van der Waals surface area contributed by atoms with Crippen molar-refractivity contribution < 1.29 is 23.8 Å². The molecule has 0 unspecified atom stereocenters. The summed E-state index contributed by atoms with van der Waals surface area (Å²) in [5.41, 5.74) is 0.848. The Labute approximate surface area is 117 Å². The molecule has 0 saturated heterocycles. The van der Waals surface area contributed by atoms with Gasteiger partial charge in [0, 0.05) is 12.2 Å². The zero-order chi connectivity index (χ0) is 14.8. The van der Waals surface area contributed by atoms with Crippen molar-refractivity contribution in [3.8, 4) is 5.75 Å². The average Bonchev–Trinajstić information content (AvgIpc) is 2.49. The van der Waals surface area contributed by atoms with E-state index in [0.29, 0.717) is 0 Å². The molecule has 0 heterocycles. The lowest BCUT2D eigenvalue weighted by Gasteiger charge is -2.02. The van der Waals surface area contributed by atoms with Crippen LogP contribution in [0.1, 0.15) is 5.56 Å². The van der Waals surface area contributed by atoms with Crippen molar-refractivity contribution in [1.29, 1.82) is 0 Å². The normalized spacial score (nSPS) is 10.1. The van der Waals surface area contributed by atoms with Gasteiger partial charge in [-0.25, -0.2) is 9.59 Å². The number of hydrogen-bond acceptors (Lipinski definition) is 5. The van der Waals surface area contributed by atoms with Crippen molar-refractivity contribution in [2.24, 2.45) is 0 Å². The molecule has 0 aromatic heterocycles. The van der Waals surface area contributed by atoms with Gasteiger partial charge in [-0.1, -0.05) is 18.7 Å². The van der Waals surface area contributed by atoms with Crippen LogP contribution in [0.2, 0.25) is 0 Å². The molecule has 0 aliphatic heterocycles. The van der Waals surface area contributed by atoms with Crippen molar-refractivity contribution in [2.75, 3.05) is 20.3 Å². The Hall–Kier alpha value is -2.56. The Morgan fingerprint density at radius 2 is 1.70 bits per heavy atom. The maximum absolute atomic E-state index is 11.4. The molecule has 0 radical (unpaired) electrons. The number of hydrogen-bond donors (Lipinski definition) is 0. The molecule has 0 aliphatic rings. The fourth-order valence-corrected chi connectivity index (χ4v) is 1.27. The fourth-order valence-electron chi connectivity index (χ4n) is 1.27. The van der Waals surface area contributed by atoms with Crippen molar-refractivity contribution in [1.82, 2.24) is 0 Å². The maximum Gasteiger partial charge on any atom is 0.330 e. The number of ether oxygens (including phenoxy) is 3. The SMILES string of the molecule is C=CC(=O)OCCOC(=O)/C=C/c1ccc(OC)cc1. The van der Waals surface area contributed by atoms with E-state index in [1.807, 2.05) is 12.1 Å². The molecular formula is C15H16O5. The molecule has 20 heavy (non-hydrogen) atoms. The first-order chi connectivity index (χ1) is 9.65. The lowest BCUT2D eigenvalue weighted by atomic mass is 10.2. The van der Waals surface area contributed by atoms with Gasteiger partial charge in [0.25, 0.3) is 0 Å². The molecule has 0 bridgehead atoms. The van der Waals surface area contributed by atoms with E-state index in [9.17, 15) is 9.59 Å². The smallest absolute Gasteiger partial charge is 0.330 e. The molecule has 1 aromatic rings. The molecule has 0 aliphatic carbocycles. The van der Waals surface area contributed by atoms with Gasteiger partial charge >= 0.3 is 11.9 Å². The Morgan fingerprint density at radius 1 is 1.10 bits per heavy atom. The van der Waals surface area contributed by atoms with Crippen LogP contribution in [0.25, 0.3) is 6.08 Å². The van der Waals surface area contributed by atoms with E-state index in [0.717, 1.165) is 17.4 Å². The van der Waals surface area contributed by atoms with Crippen LogP contribution in [0.4, 0.5) is 0 Å². The second kappa shape index (κ2) is 8.53. The monoisotopic (exact) mass is 276 g/mol. The summed E-state index contributed by atoms with van der Waals surface area (Å²) in [5, 5.41) is 0. The summed E-state index contributed by atoms with van der Waals surface area (Å²) in [4.78, 5) is 22.1. The second-order valence-corrected chi connectivity index (χ2v) is 3.65. The van der Waals surface area contributed by atoms with Crippen molar-refractivity contribution in [3.63, 3.8) is 0 Å². The molecule has 0 saturated carbocycles. The topological polar surface area (TPSA) is 61.8 Å². The van der Waals surface area contributed by atoms with Gasteiger partial charge in [-0.2, -0.15) is 0 Å². The Morgan fingerprint density at radius 3 is 2.25 bits per heavy atom.